The van der Waals surface area contributed by atoms with Crippen molar-refractivity contribution in [2.75, 3.05) is 5.75 Å². The first kappa shape index (κ1) is 21.5. The number of rotatable bonds is 8. The van der Waals surface area contributed by atoms with Crippen molar-refractivity contribution < 1.29 is 9.59 Å². The molecular weight excluding hydrogens is 428 g/mol. The van der Waals surface area contributed by atoms with Gasteiger partial charge in [-0.25, -0.2) is 0 Å². The van der Waals surface area contributed by atoms with E-state index in [2.05, 4.69) is 17.4 Å². The van der Waals surface area contributed by atoms with E-state index < -0.39 is 6.04 Å². The fourth-order valence-electron chi connectivity index (χ4n) is 3.61. The first-order chi connectivity index (χ1) is 15.1. The van der Waals surface area contributed by atoms with Crippen molar-refractivity contribution in [2.24, 2.45) is 0 Å². The summed E-state index contributed by atoms with van der Waals surface area (Å²) < 4.78 is 0. The molecule has 0 fully saturated rings. The molecular formula is C25H23ClN2O2S. The van der Waals surface area contributed by atoms with E-state index in [1.807, 2.05) is 54.6 Å². The van der Waals surface area contributed by atoms with E-state index in [9.17, 15) is 9.59 Å². The topological polar surface area (TPSA) is 49.4 Å². The SMILES string of the molecule is O=C(NCc1ccc(Cl)cc1)C(CSCc1ccccc1)N1Cc2ccccc2C1=O. The van der Waals surface area contributed by atoms with Gasteiger partial charge in [-0.1, -0.05) is 72.3 Å². The Morgan fingerprint density at radius 2 is 1.68 bits per heavy atom. The number of benzene rings is 3. The monoisotopic (exact) mass is 450 g/mol. The molecule has 0 bridgehead atoms. The van der Waals surface area contributed by atoms with Gasteiger partial charge in [-0.3, -0.25) is 9.59 Å². The Labute approximate surface area is 191 Å². The van der Waals surface area contributed by atoms with Crippen LogP contribution in [-0.2, 0) is 23.6 Å². The summed E-state index contributed by atoms with van der Waals surface area (Å²) in [5, 5.41) is 3.66. The van der Waals surface area contributed by atoms with E-state index in [1.165, 1.54) is 5.56 Å². The minimum atomic E-state index is -0.541. The Bertz CT molecular complexity index is 1060. The van der Waals surface area contributed by atoms with Crippen LogP contribution in [0.2, 0.25) is 5.02 Å². The molecule has 3 aromatic rings. The zero-order valence-corrected chi connectivity index (χ0v) is 18.5. The maximum absolute atomic E-state index is 13.2. The molecule has 4 nitrogen and oxygen atoms in total. The van der Waals surface area contributed by atoms with Gasteiger partial charge >= 0.3 is 0 Å². The molecule has 0 aromatic heterocycles. The number of nitrogens with zero attached hydrogens (tertiary/aromatic N) is 1. The van der Waals surface area contributed by atoms with E-state index in [4.69, 9.17) is 11.6 Å². The Kier molecular flexibility index (Phi) is 6.95. The minimum absolute atomic E-state index is 0.0810. The Hall–Kier alpha value is -2.76. The molecule has 1 N–H and O–H groups in total. The average Bonchev–Trinajstić information content (AvgIpc) is 3.13. The minimum Gasteiger partial charge on any atom is -0.350 e. The first-order valence-electron chi connectivity index (χ1n) is 10.1. The van der Waals surface area contributed by atoms with Crippen molar-refractivity contribution in [3.63, 3.8) is 0 Å². The largest absolute Gasteiger partial charge is 0.350 e. The predicted octanol–water partition coefficient (Wildman–Crippen LogP) is 4.91. The number of amides is 2. The van der Waals surface area contributed by atoms with Crippen LogP contribution in [-0.4, -0.2) is 28.5 Å². The van der Waals surface area contributed by atoms with Crippen LogP contribution in [0, 0.1) is 0 Å². The molecule has 1 unspecified atom stereocenters. The van der Waals surface area contributed by atoms with E-state index in [0.717, 1.165) is 16.9 Å². The molecule has 1 atom stereocenters. The summed E-state index contributed by atoms with van der Waals surface area (Å²) in [6, 6.07) is 24.5. The van der Waals surface area contributed by atoms with Gasteiger partial charge in [0, 0.05) is 35.2 Å². The van der Waals surface area contributed by atoms with Crippen molar-refractivity contribution >= 4 is 35.2 Å². The lowest BCUT2D eigenvalue weighted by Crippen LogP contribution is -2.48. The summed E-state index contributed by atoms with van der Waals surface area (Å²) >= 11 is 7.61. The van der Waals surface area contributed by atoms with Gasteiger partial charge in [0.2, 0.25) is 5.91 Å². The van der Waals surface area contributed by atoms with Gasteiger partial charge in [-0.15, -0.1) is 0 Å². The molecule has 0 saturated carbocycles. The Balaban J connectivity index is 1.46. The van der Waals surface area contributed by atoms with Crippen LogP contribution in [0.5, 0.6) is 0 Å². The summed E-state index contributed by atoms with van der Waals surface area (Å²) in [5.41, 5.74) is 3.82. The summed E-state index contributed by atoms with van der Waals surface area (Å²) in [6.07, 6.45) is 0. The van der Waals surface area contributed by atoms with E-state index in [1.54, 1.807) is 28.8 Å². The summed E-state index contributed by atoms with van der Waals surface area (Å²) in [5.74, 6) is 1.09. The predicted molar refractivity (Wildman–Crippen MR) is 126 cm³/mol. The van der Waals surface area contributed by atoms with Gasteiger partial charge in [0.25, 0.3) is 5.91 Å². The quantitative estimate of drug-likeness (QED) is 0.530. The van der Waals surface area contributed by atoms with Gasteiger partial charge < -0.3 is 10.2 Å². The molecule has 1 heterocycles. The number of carbonyl (C=O) groups excluding carboxylic acids is 2. The summed E-state index contributed by atoms with van der Waals surface area (Å²) in [6.45, 7) is 0.852. The highest BCUT2D eigenvalue weighted by molar-refractivity contribution is 7.98. The standard InChI is InChI=1S/C25H23ClN2O2S/c26-21-12-10-18(11-13-21)14-27-24(29)23(17-31-16-19-6-2-1-3-7-19)28-15-20-8-4-5-9-22(20)25(28)30/h1-13,23H,14-17H2,(H,27,29). The van der Waals surface area contributed by atoms with Gasteiger partial charge in [0.15, 0.2) is 0 Å². The Morgan fingerprint density at radius 1 is 0.968 bits per heavy atom. The fraction of sp³-hybridized carbons (Fsp3) is 0.200. The van der Waals surface area contributed by atoms with Gasteiger partial charge in [0.1, 0.15) is 6.04 Å². The van der Waals surface area contributed by atoms with Crippen LogP contribution in [0.3, 0.4) is 0 Å². The normalized spacial score (nSPS) is 13.7. The van der Waals surface area contributed by atoms with Crippen molar-refractivity contribution in [2.45, 2.75) is 24.9 Å². The number of hydrogen-bond donors (Lipinski definition) is 1. The van der Waals surface area contributed by atoms with Crippen molar-refractivity contribution in [1.82, 2.24) is 10.2 Å². The number of thioether (sulfide) groups is 1. The van der Waals surface area contributed by atoms with Crippen LogP contribution in [0.1, 0.15) is 27.0 Å². The lowest BCUT2D eigenvalue weighted by atomic mass is 10.1. The number of halogens is 1. The molecule has 2 amide bonds. The second kappa shape index (κ2) is 10.0. The molecule has 6 heteroatoms. The van der Waals surface area contributed by atoms with Crippen LogP contribution in [0.25, 0.3) is 0 Å². The fourth-order valence-corrected chi connectivity index (χ4v) is 4.83. The summed E-state index contributed by atoms with van der Waals surface area (Å²) in [7, 11) is 0. The van der Waals surface area contributed by atoms with E-state index >= 15 is 0 Å². The maximum atomic E-state index is 13.2. The Morgan fingerprint density at radius 3 is 2.42 bits per heavy atom. The third-order valence-electron chi connectivity index (χ3n) is 5.30. The van der Waals surface area contributed by atoms with Crippen LogP contribution >= 0.6 is 23.4 Å². The lowest BCUT2D eigenvalue weighted by molar-refractivity contribution is -0.125. The maximum Gasteiger partial charge on any atom is 0.255 e. The number of carbonyl (C=O) groups is 2. The molecule has 0 saturated heterocycles. The highest BCUT2D eigenvalue weighted by atomic mass is 35.5. The first-order valence-corrected chi connectivity index (χ1v) is 11.7. The molecule has 1 aliphatic heterocycles. The number of fused-ring (bicyclic) bond motifs is 1. The smallest absolute Gasteiger partial charge is 0.255 e. The number of nitrogens with one attached hydrogen (secondary N) is 1. The molecule has 0 radical (unpaired) electrons. The third-order valence-corrected chi connectivity index (χ3v) is 6.64. The molecule has 31 heavy (non-hydrogen) atoms. The van der Waals surface area contributed by atoms with E-state index in [0.29, 0.717) is 29.4 Å². The molecule has 3 aromatic carbocycles. The lowest BCUT2D eigenvalue weighted by Gasteiger charge is -2.27. The van der Waals surface area contributed by atoms with Gasteiger partial charge in [-0.2, -0.15) is 11.8 Å². The zero-order valence-electron chi connectivity index (χ0n) is 17.0. The molecule has 158 valence electrons. The van der Waals surface area contributed by atoms with Crippen molar-refractivity contribution in [1.29, 1.82) is 0 Å². The average molecular weight is 451 g/mol. The highest BCUT2D eigenvalue weighted by Gasteiger charge is 2.36. The van der Waals surface area contributed by atoms with Crippen molar-refractivity contribution in [3.05, 3.63) is 106 Å². The molecule has 0 aliphatic carbocycles. The van der Waals surface area contributed by atoms with Crippen LogP contribution < -0.4 is 5.32 Å². The molecule has 4 rings (SSSR count). The second-order valence-electron chi connectivity index (χ2n) is 7.45. The highest BCUT2D eigenvalue weighted by Crippen LogP contribution is 2.26. The van der Waals surface area contributed by atoms with Crippen LogP contribution in [0.4, 0.5) is 0 Å². The van der Waals surface area contributed by atoms with Gasteiger partial charge in [-0.05, 0) is 34.9 Å². The van der Waals surface area contributed by atoms with E-state index in [-0.39, 0.29) is 11.8 Å². The number of hydrogen-bond acceptors (Lipinski definition) is 3. The van der Waals surface area contributed by atoms with Gasteiger partial charge in [0.05, 0.1) is 0 Å². The molecule has 1 aliphatic rings. The molecule has 0 spiro atoms. The second-order valence-corrected chi connectivity index (χ2v) is 8.92. The van der Waals surface area contributed by atoms with Crippen LogP contribution in [0.15, 0.2) is 78.9 Å². The summed E-state index contributed by atoms with van der Waals surface area (Å²) in [4.78, 5) is 27.9. The third kappa shape index (κ3) is 5.30. The zero-order chi connectivity index (χ0) is 21.6. The van der Waals surface area contributed by atoms with Crippen molar-refractivity contribution in [3.8, 4) is 0 Å².